The monoisotopic (exact) mass is 368 g/mol. The number of rotatable bonds is 4. The third kappa shape index (κ3) is 3.28. The number of benzene rings is 2. The highest BCUT2D eigenvalue weighted by molar-refractivity contribution is 5.77. The molecule has 0 atom stereocenters. The summed E-state index contributed by atoms with van der Waals surface area (Å²) in [6.07, 6.45) is 1.66. The zero-order valence-corrected chi connectivity index (χ0v) is 15.3. The van der Waals surface area contributed by atoms with Gasteiger partial charge in [0.25, 0.3) is 0 Å². The summed E-state index contributed by atoms with van der Waals surface area (Å²) in [5, 5.41) is 14.6. The van der Waals surface area contributed by atoms with E-state index in [0.717, 1.165) is 11.1 Å². The highest BCUT2D eigenvalue weighted by Gasteiger charge is 2.22. The number of pyridine rings is 1. The number of hydrogen-bond acceptors (Lipinski definition) is 3. The molecule has 4 nitrogen and oxygen atoms in total. The Morgan fingerprint density at radius 2 is 1.75 bits per heavy atom. The number of aryl methyl sites for hydroxylation is 1. The SMILES string of the molecule is Cc1ccc(-c2c(C#N)c(-c3ccccn3)nn2Cc2ccccc2F)cc1. The van der Waals surface area contributed by atoms with E-state index in [-0.39, 0.29) is 12.4 Å². The lowest BCUT2D eigenvalue weighted by Crippen LogP contribution is -2.06. The van der Waals surface area contributed by atoms with Gasteiger partial charge in [-0.05, 0) is 25.1 Å². The van der Waals surface area contributed by atoms with Gasteiger partial charge < -0.3 is 0 Å². The minimum Gasteiger partial charge on any atom is -0.258 e. The minimum atomic E-state index is -0.300. The normalized spacial score (nSPS) is 10.6. The van der Waals surface area contributed by atoms with Crippen LogP contribution in [0.5, 0.6) is 0 Å². The van der Waals surface area contributed by atoms with Crippen LogP contribution in [0.15, 0.2) is 72.9 Å². The third-order valence-corrected chi connectivity index (χ3v) is 4.57. The number of hydrogen-bond donors (Lipinski definition) is 0. The van der Waals surface area contributed by atoms with E-state index in [1.165, 1.54) is 6.07 Å². The van der Waals surface area contributed by atoms with Crippen LogP contribution in [-0.2, 0) is 6.54 Å². The lowest BCUT2D eigenvalue weighted by Gasteiger charge is -2.09. The first-order valence-electron chi connectivity index (χ1n) is 8.90. The van der Waals surface area contributed by atoms with E-state index < -0.39 is 0 Å². The van der Waals surface area contributed by atoms with E-state index in [2.05, 4.69) is 16.2 Å². The Kier molecular flexibility index (Phi) is 4.69. The molecular weight excluding hydrogens is 351 g/mol. The fourth-order valence-electron chi connectivity index (χ4n) is 3.16. The average Bonchev–Trinajstić information content (AvgIpc) is 3.09. The number of nitrogens with zero attached hydrogens (tertiary/aromatic N) is 4. The average molecular weight is 368 g/mol. The van der Waals surface area contributed by atoms with Gasteiger partial charge in [-0.25, -0.2) is 4.39 Å². The Labute approximate surface area is 162 Å². The van der Waals surface area contributed by atoms with Crippen LogP contribution >= 0.6 is 0 Å². The quantitative estimate of drug-likeness (QED) is 0.510. The number of halogens is 1. The molecule has 0 spiro atoms. The molecule has 0 aliphatic carbocycles. The summed E-state index contributed by atoms with van der Waals surface area (Å²) in [4.78, 5) is 4.34. The molecule has 0 saturated carbocycles. The molecular formula is C23H17FN4. The van der Waals surface area contributed by atoms with Crippen LogP contribution in [0.1, 0.15) is 16.7 Å². The zero-order chi connectivity index (χ0) is 19.5. The highest BCUT2D eigenvalue weighted by atomic mass is 19.1. The first-order valence-corrected chi connectivity index (χ1v) is 8.90. The van der Waals surface area contributed by atoms with Crippen molar-refractivity contribution < 1.29 is 4.39 Å². The van der Waals surface area contributed by atoms with Crippen LogP contribution in [0.25, 0.3) is 22.6 Å². The smallest absolute Gasteiger partial charge is 0.129 e. The molecule has 0 fully saturated rings. The Morgan fingerprint density at radius 3 is 2.43 bits per heavy atom. The van der Waals surface area contributed by atoms with E-state index in [1.54, 1.807) is 29.1 Å². The summed E-state index contributed by atoms with van der Waals surface area (Å²) < 4.78 is 15.9. The van der Waals surface area contributed by atoms with Gasteiger partial charge in [0.05, 0.1) is 17.9 Å². The van der Waals surface area contributed by atoms with E-state index >= 15 is 0 Å². The first kappa shape index (κ1) is 17.6. The molecule has 0 radical (unpaired) electrons. The van der Waals surface area contributed by atoms with Crippen molar-refractivity contribution in [3.05, 3.63) is 95.4 Å². The summed E-state index contributed by atoms with van der Waals surface area (Å²) in [5.74, 6) is -0.300. The van der Waals surface area contributed by atoms with Crippen molar-refractivity contribution in [3.63, 3.8) is 0 Å². The van der Waals surface area contributed by atoms with Crippen LogP contribution in [0.4, 0.5) is 4.39 Å². The van der Waals surface area contributed by atoms with Gasteiger partial charge >= 0.3 is 0 Å². The van der Waals surface area contributed by atoms with Gasteiger partial charge in [0.1, 0.15) is 23.1 Å². The van der Waals surface area contributed by atoms with Crippen molar-refractivity contribution in [2.75, 3.05) is 0 Å². The third-order valence-electron chi connectivity index (χ3n) is 4.57. The molecule has 136 valence electrons. The predicted molar refractivity (Wildman–Crippen MR) is 106 cm³/mol. The van der Waals surface area contributed by atoms with E-state index in [9.17, 15) is 9.65 Å². The molecule has 28 heavy (non-hydrogen) atoms. The van der Waals surface area contributed by atoms with Crippen molar-refractivity contribution in [3.8, 4) is 28.7 Å². The van der Waals surface area contributed by atoms with Crippen LogP contribution < -0.4 is 0 Å². The lowest BCUT2D eigenvalue weighted by molar-refractivity contribution is 0.587. The van der Waals surface area contributed by atoms with Gasteiger partial charge in [-0.2, -0.15) is 10.4 Å². The molecule has 2 aromatic heterocycles. The summed E-state index contributed by atoms with van der Waals surface area (Å²) in [5.41, 5.74) is 4.68. The van der Waals surface area contributed by atoms with Gasteiger partial charge in [-0.1, -0.05) is 54.1 Å². The Balaban J connectivity index is 1.93. The maximum atomic E-state index is 14.3. The fourth-order valence-corrected chi connectivity index (χ4v) is 3.16. The molecule has 0 bridgehead atoms. The van der Waals surface area contributed by atoms with Gasteiger partial charge in [0.15, 0.2) is 0 Å². The summed E-state index contributed by atoms with van der Waals surface area (Å²) in [6.45, 7) is 2.22. The van der Waals surface area contributed by atoms with E-state index in [4.69, 9.17) is 0 Å². The Hall–Kier alpha value is -3.78. The van der Waals surface area contributed by atoms with Crippen LogP contribution in [0.3, 0.4) is 0 Å². The number of nitriles is 1. The van der Waals surface area contributed by atoms with Gasteiger partial charge in [-0.15, -0.1) is 0 Å². The van der Waals surface area contributed by atoms with Crippen molar-refractivity contribution in [1.29, 1.82) is 5.26 Å². The second kappa shape index (κ2) is 7.45. The summed E-state index contributed by atoms with van der Waals surface area (Å²) >= 11 is 0. The first-order chi connectivity index (χ1) is 13.7. The van der Waals surface area contributed by atoms with Crippen molar-refractivity contribution in [1.82, 2.24) is 14.8 Å². The fraction of sp³-hybridized carbons (Fsp3) is 0.0870. The molecule has 4 aromatic rings. The maximum absolute atomic E-state index is 14.3. The topological polar surface area (TPSA) is 54.5 Å². The van der Waals surface area contributed by atoms with Crippen molar-refractivity contribution in [2.24, 2.45) is 0 Å². The molecule has 2 heterocycles. The number of aromatic nitrogens is 3. The molecule has 0 saturated heterocycles. The maximum Gasteiger partial charge on any atom is 0.129 e. The van der Waals surface area contributed by atoms with Crippen LogP contribution in [-0.4, -0.2) is 14.8 Å². The van der Waals surface area contributed by atoms with Gasteiger partial charge in [-0.3, -0.25) is 9.67 Å². The predicted octanol–water partition coefficient (Wildman–Crippen LogP) is 4.98. The van der Waals surface area contributed by atoms with Crippen LogP contribution in [0.2, 0.25) is 0 Å². The molecule has 0 N–H and O–H groups in total. The van der Waals surface area contributed by atoms with E-state index in [0.29, 0.717) is 28.2 Å². The molecule has 0 amide bonds. The molecule has 2 aromatic carbocycles. The molecule has 4 rings (SSSR count). The van der Waals surface area contributed by atoms with Crippen molar-refractivity contribution in [2.45, 2.75) is 13.5 Å². The van der Waals surface area contributed by atoms with Crippen LogP contribution in [0, 0.1) is 24.1 Å². The largest absolute Gasteiger partial charge is 0.258 e. The molecule has 5 heteroatoms. The Bertz CT molecular complexity index is 1160. The van der Waals surface area contributed by atoms with Gasteiger partial charge in [0.2, 0.25) is 0 Å². The Morgan fingerprint density at radius 1 is 1.00 bits per heavy atom. The summed E-state index contributed by atoms with van der Waals surface area (Å²) in [6, 6.07) is 22.2. The van der Waals surface area contributed by atoms with Gasteiger partial charge in [0, 0.05) is 17.3 Å². The second-order valence-electron chi connectivity index (χ2n) is 6.51. The summed E-state index contributed by atoms with van der Waals surface area (Å²) in [7, 11) is 0. The molecule has 0 unspecified atom stereocenters. The lowest BCUT2D eigenvalue weighted by atomic mass is 10.0. The zero-order valence-electron chi connectivity index (χ0n) is 15.3. The minimum absolute atomic E-state index is 0.220. The second-order valence-corrected chi connectivity index (χ2v) is 6.51. The molecule has 0 aliphatic rings. The van der Waals surface area contributed by atoms with Crippen molar-refractivity contribution >= 4 is 0 Å². The molecule has 0 aliphatic heterocycles. The van der Waals surface area contributed by atoms with E-state index in [1.807, 2.05) is 49.4 Å². The highest BCUT2D eigenvalue weighted by Crippen LogP contribution is 2.32. The standard InChI is InChI=1S/C23H17FN4/c1-16-9-11-17(12-10-16)23-19(14-25)22(21-8-4-5-13-26-21)27-28(23)15-18-6-2-3-7-20(18)24/h2-13H,15H2,1H3.